The first-order chi connectivity index (χ1) is 4.21. The maximum Gasteiger partial charge on any atom is 0.150 e. The van der Waals surface area contributed by atoms with Crippen molar-refractivity contribution < 1.29 is 13.2 Å². The molecule has 0 radical (unpaired) electrons. The van der Waals surface area contributed by atoms with Crippen LogP contribution in [-0.2, 0) is 14.6 Å². The molecule has 0 atom stereocenters. The number of rotatable bonds is 0. The Balaban J connectivity index is 0.000000291. The van der Waals surface area contributed by atoms with Gasteiger partial charge in [0.1, 0.15) is 16.6 Å². The van der Waals surface area contributed by atoms with E-state index >= 15 is 0 Å². The summed E-state index contributed by atoms with van der Waals surface area (Å²) in [4.78, 5) is 8.00. The molecule has 0 amide bonds. The smallest absolute Gasteiger partial charge is 0.150 e. The molecule has 54 valence electrons. The van der Waals surface area contributed by atoms with Gasteiger partial charge in [0, 0.05) is 0 Å². The molecule has 1 fully saturated rings. The molecule has 0 unspecified atom stereocenters. The van der Waals surface area contributed by atoms with Crippen molar-refractivity contribution in [2.45, 2.75) is 12.8 Å². The summed E-state index contributed by atoms with van der Waals surface area (Å²) in [6.07, 6.45) is 1.75. The van der Waals surface area contributed by atoms with Crippen molar-refractivity contribution in [2.24, 2.45) is 0 Å². The molecule has 0 saturated carbocycles. The molecule has 1 heterocycles. The lowest BCUT2D eigenvalue weighted by atomic mass is 10.4. The standard InChI is InChI=1S/C4H8O2S.CH2O/c5-7(6)3-1-2-4-7;1-2/h1-4H2;1H2. The van der Waals surface area contributed by atoms with Crippen LogP contribution in [0.1, 0.15) is 12.8 Å². The zero-order valence-corrected chi connectivity index (χ0v) is 5.99. The van der Waals surface area contributed by atoms with E-state index in [1.165, 1.54) is 0 Å². The van der Waals surface area contributed by atoms with Crippen LogP contribution in [0.25, 0.3) is 0 Å². The normalized spacial score (nSPS) is 22.2. The fraction of sp³-hybridized carbons (Fsp3) is 0.800. The molecule has 4 heteroatoms. The summed E-state index contributed by atoms with van der Waals surface area (Å²) in [6.45, 7) is 2.00. The molecule has 1 aliphatic heterocycles. The Morgan fingerprint density at radius 3 is 1.44 bits per heavy atom. The van der Waals surface area contributed by atoms with Crippen molar-refractivity contribution in [2.75, 3.05) is 11.5 Å². The van der Waals surface area contributed by atoms with E-state index in [4.69, 9.17) is 4.79 Å². The van der Waals surface area contributed by atoms with E-state index in [0.717, 1.165) is 12.8 Å². The summed E-state index contributed by atoms with van der Waals surface area (Å²) in [7, 11) is -2.55. The van der Waals surface area contributed by atoms with E-state index in [9.17, 15) is 8.42 Å². The fourth-order valence-corrected chi connectivity index (χ4v) is 2.24. The maximum absolute atomic E-state index is 10.4. The molecular weight excluding hydrogens is 140 g/mol. The molecule has 0 aliphatic carbocycles. The number of carbonyl (C=O) groups is 1. The molecule has 1 saturated heterocycles. The molecule has 0 aromatic rings. The van der Waals surface area contributed by atoms with Crippen LogP contribution in [-0.4, -0.2) is 26.7 Å². The number of hydrogen-bond acceptors (Lipinski definition) is 3. The first-order valence-electron chi connectivity index (χ1n) is 2.70. The second-order valence-corrected chi connectivity index (χ2v) is 4.16. The molecule has 9 heavy (non-hydrogen) atoms. The Bertz CT molecular complexity index is 147. The van der Waals surface area contributed by atoms with Crippen LogP contribution in [0.3, 0.4) is 0 Å². The highest BCUT2D eigenvalue weighted by Gasteiger charge is 2.16. The average Bonchev–Trinajstić information content (AvgIpc) is 2.19. The molecule has 1 aliphatic rings. The Labute approximate surface area is 55.0 Å². The van der Waals surface area contributed by atoms with Crippen molar-refractivity contribution in [3.05, 3.63) is 0 Å². The summed E-state index contributed by atoms with van der Waals surface area (Å²) in [5.41, 5.74) is 0. The largest absolute Gasteiger partial charge is 0.307 e. The van der Waals surface area contributed by atoms with Crippen molar-refractivity contribution in [1.82, 2.24) is 0 Å². The van der Waals surface area contributed by atoms with Gasteiger partial charge in [-0.3, -0.25) is 0 Å². The lowest BCUT2D eigenvalue weighted by Gasteiger charge is -1.81. The highest BCUT2D eigenvalue weighted by atomic mass is 32.2. The van der Waals surface area contributed by atoms with Crippen molar-refractivity contribution >= 4 is 16.6 Å². The van der Waals surface area contributed by atoms with Gasteiger partial charge in [0.15, 0.2) is 0 Å². The molecule has 0 aromatic carbocycles. The summed E-state index contributed by atoms with van der Waals surface area (Å²) < 4.78 is 20.9. The second-order valence-electron chi connectivity index (χ2n) is 1.86. The maximum atomic E-state index is 10.4. The van der Waals surface area contributed by atoms with E-state index < -0.39 is 9.84 Å². The van der Waals surface area contributed by atoms with Gasteiger partial charge in [0.25, 0.3) is 0 Å². The fourth-order valence-electron chi connectivity index (χ4n) is 0.746. The minimum Gasteiger partial charge on any atom is -0.307 e. The zero-order valence-electron chi connectivity index (χ0n) is 5.17. The zero-order chi connectivity index (χ0) is 7.33. The van der Waals surface area contributed by atoms with E-state index in [1.807, 2.05) is 6.79 Å². The van der Waals surface area contributed by atoms with E-state index in [1.54, 1.807) is 0 Å². The average molecular weight is 150 g/mol. The van der Waals surface area contributed by atoms with Crippen LogP contribution in [0, 0.1) is 0 Å². The van der Waals surface area contributed by atoms with Gasteiger partial charge in [-0.25, -0.2) is 8.42 Å². The molecule has 0 bridgehead atoms. The topological polar surface area (TPSA) is 51.2 Å². The van der Waals surface area contributed by atoms with Gasteiger partial charge in [-0.2, -0.15) is 0 Å². The predicted molar refractivity (Wildman–Crippen MR) is 35.0 cm³/mol. The third-order valence-corrected chi connectivity index (χ3v) is 2.98. The summed E-state index contributed by atoms with van der Waals surface area (Å²) in [6, 6.07) is 0. The molecular formula is C5H10O3S. The monoisotopic (exact) mass is 150 g/mol. The highest BCUT2D eigenvalue weighted by molar-refractivity contribution is 7.91. The molecule has 0 N–H and O–H groups in total. The minimum atomic E-state index is -2.55. The van der Waals surface area contributed by atoms with Crippen LogP contribution in [0.5, 0.6) is 0 Å². The Hall–Kier alpha value is -0.380. The molecule has 3 nitrogen and oxygen atoms in total. The van der Waals surface area contributed by atoms with Crippen molar-refractivity contribution in [3.8, 4) is 0 Å². The van der Waals surface area contributed by atoms with Crippen molar-refractivity contribution in [3.63, 3.8) is 0 Å². The van der Waals surface area contributed by atoms with Crippen LogP contribution >= 0.6 is 0 Å². The number of sulfone groups is 1. The lowest BCUT2D eigenvalue weighted by Crippen LogP contribution is -1.98. The van der Waals surface area contributed by atoms with E-state index in [-0.39, 0.29) is 0 Å². The van der Waals surface area contributed by atoms with Crippen LogP contribution in [0.15, 0.2) is 0 Å². The number of hydrogen-bond donors (Lipinski definition) is 0. The Kier molecular flexibility index (Phi) is 3.46. The minimum absolute atomic E-state index is 0.424. The predicted octanol–water partition coefficient (Wildman–Crippen LogP) is 0.0101. The van der Waals surface area contributed by atoms with Crippen LogP contribution < -0.4 is 0 Å². The van der Waals surface area contributed by atoms with Gasteiger partial charge < -0.3 is 4.79 Å². The lowest BCUT2D eigenvalue weighted by molar-refractivity contribution is -0.0979. The third kappa shape index (κ3) is 3.24. The van der Waals surface area contributed by atoms with Gasteiger partial charge in [-0.15, -0.1) is 0 Å². The van der Waals surface area contributed by atoms with Crippen molar-refractivity contribution in [1.29, 1.82) is 0 Å². The highest BCUT2D eigenvalue weighted by Crippen LogP contribution is 2.08. The van der Waals surface area contributed by atoms with Gasteiger partial charge in [0.05, 0.1) is 11.5 Å². The third-order valence-electron chi connectivity index (χ3n) is 1.16. The first-order valence-corrected chi connectivity index (χ1v) is 4.52. The Morgan fingerprint density at radius 2 is 1.33 bits per heavy atom. The second kappa shape index (κ2) is 3.61. The summed E-state index contributed by atoms with van der Waals surface area (Å²) >= 11 is 0. The van der Waals surface area contributed by atoms with E-state index in [0.29, 0.717) is 11.5 Å². The van der Waals surface area contributed by atoms with Gasteiger partial charge in [-0.05, 0) is 12.8 Å². The first kappa shape index (κ1) is 8.62. The number of carbonyl (C=O) groups excluding carboxylic acids is 1. The Morgan fingerprint density at radius 1 is 1.00 bits per heavy atom. The van der Waals surface area contributed by atoms with Crippen LogP contribution in [0.4, 0.5) is 0 Å². The quantitative estimate of drug-likeness (QED) is 0.488. The van der Waals surface area contributed by atoms with Gasteiger partial charge in [-0.1, -0.05) is 0 Å². The summed E-state index contributed by atoms with van der Waals surface area (Å²) in [5.74, 6) is 0.847. The van der Waals surface area contributed by atoms with E-state index in [2.05, 4.69) is 0 Å². The molecule has 1 rings (SSSR count). The van der Waals surface area contributed by atoms with Crippen LogP contribution in [0.2, 0.25) is 0 Å². The molecule has 0 aromatic heterocycles. The van der Waals surface area contributed by atoms with Gasteiger partial charge >= 0.3 is 0 Å². The molecule has 0 spiro atoms. The van der Waals surface area contributed by atoms with Gasteiger partial charge in [0.2, 0.25) is 0 Å². The SMILES string of the molecule is C=O.O=S1(=O)CCCC1. The summed E-state index contributed by atoms with van der Waals surface area (Å²) in [5, 5.41) is 0.